The van der Waals surface area contributed by atoms with E-state index in [1.54, 1.807) is 11.5 Å². The molecule has 1 N–H and O–H groups in total. The first-order valence-electron chi connectivity index (χ1n) is 5.09. The third kappa shape index (κ3) is 1.39. The van der Waals surface area contributed by atoms with Crippen molar-refractivity contribution in [3.63, 3.8) is 0 Å². The van der Waals surface area contributed by atoms with E-state index in [-0.39, 0.29) is 0 Å². The highest BCUT2D eigenvalue weighted by atomic mass is 32.1. The molecule has 0 aliphatic heterocycles. The summed E-state index contributed by atoms with van der Waals surface area (Å²) in [6.07, 6.45) is 1.87. The first-order valence-corrected chi connectivity index (χ1v) is 5.86. The van der Waals surface area contributed by atoms with Crippen molar-refractivity contribution in [1.82, 2.24) is 9.69 Å². The minimum absolute atomic E-state index is 0.428. The van der Waals surface area contributed by atoms with Gasteiger partial charge in [-0.1, -0.05) is 27.7 Å². The van der Waals surface area contributed by atoms with Crippen LogP contribution in [0.15, 0.2) is 12.3 Å². The minimum atomic E-state index is 0.428. The van der Waals surface area contributed by atoms with E-state index in [4.69, 9.17) is 0 Å². The van der Waals surface area contributed by atoms with Gasteiger partial charge in [0, 0.05) is 23.7 Å². The second kappa shape index (κ2) is 3.04. The molecule has 0 bridgehead atoms. The Hall–Kier alpha value is -0.410. The maximum absolute atomic E-state index is 4.09. The second-order valence-corrected chi connectivity index (χ2v) is 6.15. The molecule has 78 valence electrons. The number of hydrogen-bond donors (Lipinski definition) is 1. The molecule has 3 heteroatoms. The van der Waals surface area contributed by atoms with Crippen molar-refractivity contribution >= 4 is 11.5 Å². The third-order valence-electron chi connectivity index (χ3n) is 3.99. The third-order valence-corrected chi connectivity index (χ3v) is 4.73. The van der Waals surface area contributed by atoms with Crippen LogP contribution in [0, 0.1) is 10.8 Å². The topological polar surface area (TPSA) is 24.9 Å². The lowest BCUT2D eigenvalue weighted by molar-refractivity contribution is 0.457. The van der Waals surface area contributed by atoms with Gasteiger partial charge < -0.3 is 5.32 Å². The quantitative estimate of drug-likeness (QED) is 0.829. The van der Waals surface area contributed by atoms with Crippen LogP contribution in [0.4, 0.5) is 0 Å². The number of rotatable bonds is 3. The Kier molecular flexibility index (Phi) is 2.20. The van der Waals surface area contributed by atoms with Gasteiger partial charge in [-0.3, -0.25) is 0 Å². The first-order chi connectivity index (χ1) is 6.46. The van der Waals surface area contributed by atoms with Gasteiger partial charge in [0.25, 0.3) is 0 Å². The van der Waals surface area contributed by atoms with Gasteiger partial charge in [0.15, 0.2) is 0 Å². The van der Waals surface area contributed by atoms with Crippen LogP contribution in [-0.2, 0) is 6.54 Å². The van der Waals surface area contributed by atoms with Gasteiger partial charge in [-0.05, 0) is 28.4 Å². The summed E-state index contributed by atoms with van der Waals surface area (Å²) >= 11 is 1.58. The predicted octanol–water partition coefficient (Wildman–Crippen LogP) is 2.67. The molecule has 1 aliphatic carbocycles. The molecule has 1 aromatic rings. The molecule has 0 amide bonds. The molecule has 1 saturated carbocycles. The highest BCUT2D eigenvalue weighted by Crippen LogP contribution is 2.62. The Morgan fingerprint density at radius 3 is 2.43 bits per heavy atom. The van der Waals surface area contributed by atoms with Gasteiger partial charge in [0.2, 0.25) is 0 Å². The van der Waals surface area contributed by atoms with Crippen LogP contribution in [0.1, 0.15) is 32.6 Å². The zero-order valence-electron chi connectivity index (χ0n) is 9.29. The average molecular weight is 210 g/mol. The molecule has 2 nitrogen and oxygen atoms in total. The monoisotopic (exact) mass is 210 g/mol. The Morgan fingerprint density at radius 2 is 2.00 bits per heavy atom. The normalized spacial score (nSPS) is 23.7. The summed E-state index contributed by atoms with van der Waals surface area (Å²) in [7, 11) is 0. The highest BCUT2D eigenvalue weighted by Gasteiger charge is 2.64. The van der Waals surface area contributed by atoms with Crippen LogP contribution in [0.5, 0.6) is 0 Å². The largest absolute Gasteiger partial charge is 0.308 e. The molecular formula is C11H18N2S. The number of nitrogens with zero attached hydrogens (tertiary/aromatic N) is 1. The highest BCUT2D eigenvalue weighted by molar-refractivity contribution is 7.05. The van der Waals surface area contributed by atoms with E-state index in [0.29, 0.717) is 16.9 Å². The van der Waals surface area contributed by atoms with Gasteiger partial charge in [0.1, 0.15) is 0 Å². The molecule has 2 rings (SSSR count). The number of hydrogen-bond acceptors (Lipinski definition) is 3. The molecule has 1 heterocycles. The Bertz CT molecular complexity index is 300. The van der Waals surface area contributed by atoms with Crippen molar-refractivity contribution in [2.45, 2.75) is 40.3 Å². The molecule has 0 radical (unpaired) electrons. The summed E-state index contributed by atoms with van der Waals surface area (Å²) in [5.74, 6) is 0. The molecule has 0 spiro atoms. The smallest absolute Gasteiger partial charge is 0.0410 e. The van der Waals surface area contributed by atoms with Crippen LogP contribution in [-0.4, -0.2) is 10.4 Å². The maximum atomic E-state index is 4.09. The molecule has 0 saturated heterocycles. The van der Waals surface area contributed by atoms with Crippen LogP contribution < -0.4 is 5.32 Å². The summed E-state index contributed by atoms with van der Waals surface area (Å²) < 4.78 is 4.09. The van der Waals surface area contributed by atoms with E-state index < -0.39 is 0 Å². The van der Waals surface area contributed by atoms with Gasteiger partial charge in [-0.25, -0.2) is 4.37 Å². The lowest BCUT2D eigenvalue weighted by Crippen LogP contribution is -2.21. The molecular weight excluding hydrogens is 192 g/mol. The fourth-order valence-electron chi connectivity index (χ4n) is 2.24. The van der Waals surface area contributed by atoms with E-state index >= 15 is 0 Å². The molecule has 0 unspecified atom stereocenters. The van der Waals surface area contributed by atoms with E-state index in [2.05, 4.69) is 43.5 Å². The SMILES string of the molecule is CC1(C)C(NCc2ccns2)C1(C)C. The Labute approximate surface area is 89.9 Å². The lowest BCUT2D eigenvalue weighted by Gasteiger charge is -2.03. The molecule has 1 fully saturated rings. The van der Waals surface area contributed by atoms with Crippen LogP contribution >= 0.6 is 11.5 Å². The molecule has 0 atom stereocenters. The summed E-state index contributed by atoms with van der Waals surface area (Å²) in [5.41, 5.74) is 0.857. The van der Waals surface area contributed by atoms with Crippen molar-refractivity contribution in [2.24, 2.45) is 10.8 Å². The molecule has 1 aliphatic rings. The average Bonchev–Trinajstić information content (AvgIpc) is 2.54. The minimum Gasteiger partial charge on any atom is -0.308 e. The summed E-state index contributed by atoms with van der Waals surface area (Å²) in [4.78, 5) is 1.32. The van der Waals surface area contributed by atoms with E-state index in [1.807, 2.05) is 6.20 Å². The predicted molar refractivity (Wildman–Crippen MR) is 60.3 cm³/mol. The zero-order valence-corrected chi connectivity index (χ0v) is 10.1. The molecule has 14 heavy (non-hydrogen) atoms. The summed E-state index contributed by atoms with van der Waals surface area (Å²) in [6, 6.07) is 2.72. The number of aromatic nitrogens is 1. The van der Waals surface area contributed by atoms with Crippen LogP contribution in [0.3, 0.4) is 0 Å². The summed E-state index contributed by atoms with van der Waals surface area (Å²) in [5, 5.41) is 3.61. The Balaban J connectivity index is 1.90. The second-order valence-electron chi connectivity index (χ2n) is 5.24. The van der Waals surface area contributed by atoms with E-state index in [9.17, 15) is 0 Å². The summed E-state index contributed by atoms with van der Waals surface area (Å²) in [6.45, 7) is 10.3. The van der Waals surface area contributed by atoms with Crippen LogP contribution in [0.25, 0.3) is 0 Å². The maximum Gasteiger partial charge on any atom is 0.0410 e. The van der Waals surface area contributed by atoms with Crippen LogP contribution in [0.2, 0.25) is 0 Å². The van der Waals surface area contributed by atoms with E-state index in [1.165, 1.54) is 4.88 Å². The van der Waals surface area contributed by atoms with Gasteiger partial charge in [-0.15, -0.1) is 0 Å². The lowest BCUT2D eigenvalue weighted by atomic mass is 10.0. The molecule has 0 aromatic carbocycles. The molecule has 1 aromatic heterocycles. The van der Waals surface area contributed by atoms with Crippen molar-refractivity contribution in [3.8, 4) is 0 Å². The Morgan fingerprint density at radius 1 is 1.36 bits per heavy atom. The van der Waals surface area contributed by atoms with Crippen molar-refractivity contribution < 1.29 is 0 Å². The fourth-order valence-corrected chi connectivity index (χ4v) is 2.77. The first kappa shape index (κ1) is 10.1. The standard InChI is InChI=1S/C11H18N2S/c1-10(2)9(11(10,3)4)12-7-8-5-6-13-14-8/h5-6,9,12H,7H2,1-4H3. The van der Waals surface area contributed by atoms with Crippen molar-refractivity contribution in [1.29, 1.82) is 0 Å². The van der Waals surface area contributed by atoms with Gasteiger partial charge in [-0.2, -0.15) is 0 Å². The van der Waals surface area contributed by atoms with Gasteiger partial charge >= 0.3 is 0 Å². The zero-order chi connectivity index (χ0) is 10.4. The van der Waals surface area contributed by atoms with Crippen molar-refractivity contribution in [3.05, 3.63) is 17.1 Å². The number of nitrogens with one attached hydrogen (secondary N) is 1. The van der Waals surface area contributed by atoms with Gasteiger partial charge in [0.05, 0.1) is 0 Å². The van der Waals surface area contributed by atoms with E-state index in [0.717, 1.165) is 6.54 Å². The van der Waals surface area contributed by atoms with Crippen molar-refractivity contribution in [2.75, 3.05) is 0 Å². The fraction of sp³-hybridized carbons (Fsp3) is 0.727.